The quantitative estimate of drug-likeness (QED) is 0.196. The normalized spacial score (nSPS) is 16.6. The number of aromatic nitrogens is 1. The van der Waals surface area contributed by atoms with Gasteiger partial charge in [0.05, 0.1) is 11.6 Å². The second kappa shape index (κ2) is 10.7. The van der Waals surface area contributed by atoms with E-state index in [0.29, 0.717) is 17.9 Å². The number of benzene rings is 3. The fourth-order valence-electron chi connectivity index (χ4n) is 4.60. The van der Waals surface area contributed by atoms with Gasteiger partial charge < -0.3 is 14.7 Å². The van der Waals surface area contributed by atoms with Gasteiger partial charge in [0, 0.05) is 30.1 Å². The lowest BCUT2D eigenvalue weighted by Crippen LogP contribution is -2.29. The second-order valence-electron chi connectivity index (χ2n) is 9.06. The maximum absolute atomic E-state index is 15.0. The summed E-state index contributed by atoms with van der Waals surface area (Å²) < 4.78 is 20.9. The molecule has 1 aromatic heterocycles. The van der Waals surface area contributed by atoms with Gasteiger partial charge in [0.2, 0.25) is 0 Å². The fraction of sp³-hybridized carbons (Fsp3) is 0.129. The number of aliphatic hydroxyl groups is 1. The first-order valence-electron chi connectivity index (χ1n) is 12.1. The van der Waals surface area contributed by atoms with Crippen molar-refractivity contribution in [2.24, 2.45) is 0 Å². The Morgan fingerprint density at radius 3 is 2.37 bits per heavy atom. The van der Waals surface area contributed by atoms with Gasteiger partial charge in [-0.05, 0) is 60.0 Å². The van der Waals surface area contributed by atoms with Crippen LogP contribution in [0.2, 0.25) is 0 Å². The van der Waals surface area contributed by atoms with E-state index in [2.05, 4.69) is 4.98 Å². The van der Waals surface area contributed by atoms with E-state index in [1.165, 1.54) is 23.1 Å². The molecule has 3 aromatic carbocycles. The van der Waals surface area contributed by atoms with Crippen molar-refractivity contribution in [3.8, 4) is 5.75 Å². The van der Waals surface area contributed by atoms with Gasteiger partial charge in [-0.2, -0.15) is 0 Å². The van der Waals surface area contributed by atoms with E-state index in [1.807, 2.05) is 37.3 Å². The van der Waals surface area contributed by atoms with Crippen LogP contribution in [0.5, 0.6) is 5.75 Å². The van der Waals surface area contributed by atoms with Gasteiger partial charge >= 0.3 is 0 Å². The third-order valence-corrected chi connectivity index (χ3v) is 6.53. The van der Waals surface area contributed by atoms with Crippen LogP contribution >= 0.6 is 0 Å². The van der Waals surface area contributed by atoms with Crippen molar-refractivity contribution in [3.05, 3.63) is 137 Å². The summed E-state index contributed by atoms with van der Waals surface area (Å²) in [6.07, 6.45) is 3.16. The van der Waals surface area contributed by atoms with E-state index in [4.69, 9.17) is 4.74 Å². The van der Waals surface area contributed by atoms with Gasteiger partial charge in [-0.3, -0.25) is 14.6 Å². The van der Waals surface area contributed by atoms with Crippen LogP contribution in [-0.2, 0) is 22.7 Å². The molecule has 38 heavy (non-hydrogen) atoms. The number of hydrogen-bond donors (Lipinski definition) is 1. The summed E-state index contributed by atoms with van der Waals surface area (Å²) in [4.78, 5) is 31.7. The zero-order valence-electron chi connectivity index (χ0n) is 20.7. The average molecular weight is 509 g/mol. The van der Waals surface area contributed by atoms with Crippen molar-refractivity contribution in [1.29, 1.82) is 0 Å². The first-order valence-corrected chi connectivity index (χ1v) is 12.1. The molecule has 1 aliphatic heterocycles. The van der Waals surface area contributed by atoms with Crippen molar-refractivity contribution in [2.75, 3.05) is 0 Å². The molecule has 1 atom stereocenters. The molecule has 5 rings (SSSR count). The van der Waals surface area contributed by atoms with Crippen LogP contribution < -0.4 is 4.74 Å². The highest BCUT2D eigenvalue weighted by atomic mass is 19.1. The van der Waals surface area contributed by atoms with Crippen molar-refractivity contribution in [2.45, 2.75) is 26.1 Å². The molecule has 1 amide bonds. The Balaban J connectivity index is 1.53. The van der Waals surface area contributed by atoms with Crippen LogP contribution in [0.4, 0.5) is 4.39 Å². The third-order valence-electron chi connectivity index (χ3n) is 6.53. The number of ether oxygens (including phenoxy) is 1. The van der Waals surface area contributed by atoms with E-state index in [9.17, 15) is 14.7 Å². The highest BCUT2D eigenvalue weighted by Crippen LogP contribution is 2.41. The number of likely N-dealkylation sites (tertiary alicyclic amines) is 1. The molecule has 0 saturated carbocycles. The standard InChI is InChI=1S/C31H25FN2O4/c1-20-17-23(11-12-26(20)38-19-22-7-3-2-4-8-22)29(35)27-28(24-9-5-6-10-25(24)32)34(31(37)30(27)36)18-21-13-15-33-16-14-21/h2-17,28,35H,18-19H2,1H3/b29-27+. The number of amides is 1. The first-order chi connectivity index (χ1) is 18.4. The van der Waals surface area contributed by atoms with Gasteiger partial charge in [-0.25, -0.2) is 4.39 Å². The van der Waals surface area contributed by atoms with E-state index < -0.39 is 23.5 Å². The fourth-order valence-corrected chi connectivity index (χ4v) is 4.60. The number of rotatable bonds is 7. The molecule has 6 nitrogen and oxygen atoms in total. The van der Waals surface area contributed by atoms with Crippen molar-refractivity contribution in [1.82, 2.24) is 9.88 Å². The molecule has 1 aliphatic rings. The molecule has 1 saturated heterocycles. The Morgan fingerprint density at radius 2 is 1.66 bits per heavy atom. The predicted octanol–water partition coefficient (Wildman–Crippen LogP) is 5.73. The zero-order chi connectivity index (χ0) is 26.6. The van der Waals surface area contributed by atoms with Crippen molar-refractivity contribution < 1.29 is 23.8 Å². The van der Waals surface area contributed by atoms with Crippen LogP contribution in [0.25, 0.3) is 5.76 Å². The summed E-state index contributed by atoms with van der Waals surface area (Å²) in [5.41, 5.74) is 2.77. The Hall–Kier alpha value is -4.78. The molecule has 190 valence electrons. The molecular formula is C31H25FN2O4. The smallest absolute Gasteiger partial charge is 0.295 e. The number of ketones is 1. The molecule has 1 N–H and O–H groups in total. The summed E-state index contributed by atoms with van der Waals surface area (Å²) in [5.74, 6) is -2.00. The van der Waals surface area contributed by atoms with Crippen LogP contribution in [0, 0.1) is 12.7 Å². The molecule has 2 heterocycles. The number of hydrogen-bond acceptors (Lipinski definition) is 5. The van der Waals surface area contributed by atoms with Crippen LogP contribution in [0.1, 0.15) is 33.9 Å². The molecule has 0 spiro atoms. The van der Waals surface area contributed by atoms with Crippen LogP contribution in [0.15, 0.2) is 103 Å². The third kappa shape index (κ3) is 4.91. The Kier molecular flexibility index (Phi) is 7.00. The lowest BCUT2D eigenvalue weighted by molar-refractivity contribution is -0.140. The van der Waals surface area contributed by atoms with Gasteiger partial charge in [0.25, 0.3) is 11.7 Å². The number of carbonyl (C=O) groups excluding carboxylic acids is 2. The maximum atomic E-state index is 15.0. The SMILES string of the molecule is Cc1cc(/C(O)=C2\C(=O)C(=O)N(Cc3ccncc3)C2c2ccccc2F)ccc1OCc1ccccc1. The summed E-state index contributed by atoms with van der Waals surface area (Å²) in [7, 11) is 0. The molecule has 4 aromatic rings. The molecule has 0 aliphatic carbocycles. The minimum atomic E-state index is -1.10. The molecular weight excluding hydrogens is 483 g/mol. The highest BCUT2D eigenvalue weighted by molar-refractivity contribution is 6.46. The molecule has 1 fully saturated rings. The summed E-state index contributed by atoms with van der Waals surface area (Å²) in [6, 6.07) is 23.0. The summed E-state index contributed by atoms with van der Waals surface area (Å²) >= 11 is 0. The Morgan fingerprint density at radius 1 is 0.947 bits per heavy atom. The number of halogens is 1. The van der Waals surface area contributed by atoms with E-state index in [0.717, 1.165) is 16.7 Å². The summed E-state index contributed by atoms with van der Waals surface area (Å²) in [5, 5.41) is 11.3. The van der Waals surface area contributed by atoms with E-state index in [1.54, 1.807) is 48.8 Å². The van der Waals surface area contributed by atoms with Crippen LogP contribution in [-0.4, -0.2) is 26.7 Å². The number of carbonyl (C=O) groups is 2. The van der Waals surface area contributed by atoms with Gasteiger partial charge in [0.1, 0.15) is 23.9 Å². The van der Waals surface area contributed by atoms with E-state index >= 15 is 4.39 Å². The number of aliphatic hydroxyl groups excluding tert-OH is 1. The van der Waals surface area contributed by atoms with Gasteiger partial charge in [-0.1, -0.05) is 48.5 Å². The number of Topliss-reactive ketones (excluding diaryl/α,β-unsaturated/α-hetero) is 1. The van der Waals surface area contributed by atoms with Crippen molar-refractivity contribution in [3.63, 3.8) is 0 Å². The van der Waals surface area contributed by atoms with Crippen LogP contribution in [0.3, 0.4) is 0 Å². The number of nitrogens with zero attached hydrogens (tertiary/aromatic N) is 2. The minimum Gasteiger partial charge on any atom is -0.507 e. The molecule has 0 radical (unpaired) electrons. The topological polar surface area (TPSA) is 79.7 Å². The number of aryl methyl sites for hydroxylation is 1. The lowest BCUT2D eigenvalue weighted by Gasteiger charge is -2.25. The summed E-state index contributed by atoms with van der Waals surface area (Å²) in [6.45, 7) is 2.25. The maximum Gasteiger partial charge on any atom is 0.295 e. The van der Waals surface area contributed by atoms with Gasteiger partial charge in [0.15, 0.2) is 0 Å². The largest absolute Gasteiger partial charge is 0.507 e. The number of pyridine rings is 1. The average Bonchev–Trinajstić information content (AvgIpc) is 3.18. The molecule has 0 bridgehead atoms. The Bertz CT molecular complexity index is 1520. The Labute approximate surface area is 219 Å². The molecule has 7 heteroatoms. The first kappa shape index (κ1) is 24.9. The van der Waals surface area contributed by atoms with Gasteiger partial charge in [-0.15, -0.1) is 0 Å². The van der Waals surface area contributed by atoms with Crippen molar-refractivity contribution >= 4 is 17.4 Å². The monoisotopic (exact) mass is 508 g/mol. The zero-order valence-corrected chi connectivity index (χ0v) is 20.7. The second-order valence-corrected chi connectivity index (χ2v) is 9.06. The highest BCUT2D eigenvalue weighted by Gasteiger charge is 2.47. The predicted molar refractivity (Wildman–Crippen MR) is 140 cm³/mol. The minimum absolute atomic E-state index is 0.0498. The molecule has 1 unspecified atom stereocenters. The van der Waals surface area contributed by atoms with E-state index in [-0.39, 0.29) is 23.4 Å². The lowest BCUT2D eigenvalue weighted by atomic mass is 9.94.